The van der Waals surface area contributed by atoms with Crippen LogP contribution in [0.5, 0.6) is 0 Å². The molecule has 4 heteroatoms. The van der Waals surface area contributed by atoms with Crippen LogP contribution in [-0.2, 0) is 9.59 Å². The molecule has 0 aromatic carbocycles. The first-order chi connectivity index (χ1) is 6.63. The number of nitrogens with zero attached hydrogens (tertiary/aromatic N) is 1. The summed E-state index contributed by atoms with van der Waals surface area (Å²) in [6, 6.07) is 0. The van der Waals surface area contributed by atoms with Crippen LogP contribution < -0.4 is 0 Å². The summed E-state index contributed by atoms with van der Waals surface area (Å²) in [4.78, 5) is 23.1. The monoisotopic (exact) mass is 197 g/mol. The molecule has 1 fully saturated rings. The average Bonchev–Trinajstić information content (AvgIpc) is 2.93. The molecule has 1 saturated carbocycles. The van der Waals surface area contributed by atoms with Crippen molar-refractivity contribution >= 4 is 11.9 Å². The summed E-state index contributed by atoms with van der Waals surface area (Å²) in [5.74, 6) is -0.635. The van der Waals surface area contributed by atoms with Gasteiger partial charge in [-0.2, -0.15) is 0 Å². The molecule has 1 N–H and O–H groups in total. The molecule has 0 atom stereocenters. The molecule has 0 unspecified atom stereocenters. The lowest BCUT2D eigenvalue weighted by Gasteiger charge is -2.15. The third kappa shape index (κ3) is 3.60. The van der Waals surface area contributed by atoms with Crippen molar-refractivity contribution in [2.45, 2.75) is 19.8 Å². The van der Waals surface area contributed by atoms with Gasteiger partial charge in [0.2, 0.25) is 5.91 Å². The SMILES string of the molecule is CCN(CC(=O)O)C(=O)/C=C/C1CC1. The first-order valence-electron chi connectivity index (χ1n) is 4.82. The second-order valence-corrected chi connectivity index (χ2v) is 3.44. The molecule has 14 heavy (non-hydrogen) atoms. The molecule has 0 bridgehead atoms. The molecule has 78 valence electrons. The molecule has 0 heterocycles. The summed E-state index contributed by atoms with van der Waals surface area (Å²) >= 11 is 0. The molecule has 1 amide bonds. The van der Waals surface area contributed by atoms with Gasteiger partial charge in [0.05, 0.1) is 0 Å². The Balaban J connectivity index is 2.41. The number of aliphatic carboxylic acids is 1. The summed E-state index contributed by atoms with van der Waals surface area (Å²) in [5.41, 5.74) is 0. The molecule has 1 rings (SSSR count). The maximum absolute atomic E-state index is 11.4. The van der Waals surface area contributed by atoms with Gasteiger partial charge >= 0.3 is 5.97 Å². The number of likely N-dealkylation sites (N-methyl/N-ethyl adjacent to an activating group) is 1. The van der Waals surface area contributed by atoms with Gasteiger partial charge in [0.1, 0.15) is 6.54 Å². The summed E-state index contributed by atoms with van der Waals surface area (Å²) in [7, 11) is 0. The van der Waals surface area contributed by atoms with E-state index in [2.05, 4.69) is 0 Å². The van der Waals surface area contributed by atoms with Crippen LogP contribution in [0, 0.1) is 5.92 Å². The first kappa shape index (κ1) is 10.8. The Morgan fingerprint density at radius 1 is 1.50 bits per heavy atom. The van der Waals surface area contributed by atoms with Gasteiger partial charge in [-0.1, -0.05) is 6.08 Å². The quantitative estimate of drug-likeness (QED) is 0.666. The fourth-order valence-corrected chi connectivity index (χ4v) is 1.12. The number of carbonyl (C=O) groups excluding carboxylic acids is 1. The number of carboxylic acid groups (broad SMARTS) is 1. The summed E-state index contributed by atoms with van der Waals surface area (Å²) in [6.45, 7) is 1.98. The molecule has 0 saturated heterocycles. The van der Waals surface area contributed by atoms with Crippen LogP contribution in [-0.4, -0.2) is 35.0 Å². The maximum atomic E-state index is 11.4. The van der Waals surface area contributed by atoms with Gasteiger partial charge in [0.15, 0.2) is 0 Å². The molecule has 0 spiro atoms. The molecular weight excluding hydrogens is 182 g/mol. The van der Waals surface area contributed by atoms with Crippen molar-refractivity contribution in [1.82, 2.24) is 4.90 Å². The summed E-state index contributed by atoms with van der Waals surface area (Å²) in [5, 5.41) is 8.54. The Hall–Kier alpha value is -1.32. The normalized spacial score (nSPS) is 15.8. The van der Waals surface area contributed by atoms with Gasteiger partial charge < -0.3 is 10.0 Å². The van der Waals surface area contributed by atoms with E-state index in [1.165, 1.54) is 11.0 Å². The lowest BCUT2D eigenvalue weighted by Crippen LogP contribution is -2.34. The molecule has 0 radical (unpaired) electrons. The van der Waals surface area contributed by atoms with E-state index in [1.54, 1.807) is 6.92 Å². The standard InChI is InChI=1S/C10H15NO3/c1-2-11(7-10(13)14)9(12)6-5-8-3-4-8/h5-6,8H,2-4,7H2,1H3,(H,13,14)/b6-5+. The molecule has 0 aliphatic heterocycles. The van der Waals surface area contributed by atoms with Gasteiger partial charge in [-0.3, -0.25) is 9.59 Å². The van der Waals surface area contributed by atoms with Crippen LogP contribution in [0.2, 0.25) is 0 Å². The second-order valence-electron chi connectivity index (χ2n) is 3.44. The first-order valence-corrected chi connectivity index (χ1v) is 4.82. The number of hydrogen-bond donors (Lipinski definition) is 1. The fraction of sp³-hybridized carbons (Fsp3) is 0.600. The maximum Gasteiger partial charge on any atom is 0.323 e. The van der Waals surface area contributed by atoms with Crippen molar-refractivity contribution in [3.05, 3.63) is 12.2 Å². The second kappa shape index (κ2) is 4.79. The number of carbonyl (C=O) groups is 2. The van der Waals surface area contributed by atoms with Crippen molar-refractivity contribution in [1.29, 1.82) is 0 Å². The third-order valence-electron chi connectivity index (χ3n) is 2.15. The Bertz CT molecular complexity index is 256. The number of allylic oxidation sites excluding steroid dienone is 1. The van der Waals surface area contributed by atoms with Gasteiger partial charge in [-0.15, -0.1) is 0 Å². The van der Waals surface area contributed by atoms with Crippen LogP contribution in [0.3, 0.4) is 0 Å². The molecular formula is C10H15NO3. The zero-order valence-corrected chi connectivity index (χ0v) is 8.27. The highest BCUT2D eigenvalue weighted by Crippen LogP contribution is 2.29. The fourth-order valence-electron chi connectivity index (χ4n) is 1.12. The lowest BCUT2D eigenvalue weighted by molar-refractivity contribution is -0.142. The van der Waals surface area contributed by atoms with Crippen LogP contribution in [0.25, 0.3) is 0 Å². The van der Waals surface area contributed by atoms with Gasteiger partial charge in [0.25, 0.3) is 0 Å². The number of carboxylic acids is 1. The summed E-state index contributed by atoms with van der Waals surface area (Å²) in [6.07, 6.45) is 5.65. The molecule has 4 nitrogen and oxygen atoms in total. The van der Waals surface area contributed by atoms with Crippen molar-refractivity contribution in [2.75, 3.05) is 13.1 Å². The highest BCUT2D eigenvalue weighted by molar-refractivity contribution is 5.90. The van der Waals surface area contributed by atoms with Gasteiger partial charge in [-0.25, -0.2) is 0 Å². The Labute approximate surface area is 83.2 Å². The zero-order chi connectivity index (χ0) is 10.6. The van der Waals surface area contributed by atoms with E-state index in [1.807, 2.05) is 6.08 Å². The molecule has 1 aliphatic rings. The topological polar surface area (TPSA) is 57.6 Å². The number of amides is 1. The van der Waals surface area contributed by atoms with Crippen molar-refractivity contribution in [2.24, 2.45) is 5.92 Å². The van der Waals surface area contributed by atoms with E-state index in [9.17, 15) is 9.59 Å². The van der Waals surface area contributed by atoms with Crippen LogP contribution in [0.1, 0.15) is 19.8 Å². The summed E-state index contributed by atoms with van der Waals surface area (Å²) < 4.78 is 0. The molecule has 0 aromatic heterocycles. The third-order valence-corrected chi connectivity index (χ3v) is 2.15. The van der Waals surface area contributed by atoms with E-state index in [4.69, 9.17) is 5.11 Å². The average molecular weight is 197 g/mol. The molecule has 1 aliphatic carbocycles. The predicted octanol–water partition coefficient (Wildman–Crippen LogP) is 0.886. The Morgan fingerprint density at radius 3 is 2.57 bits per heavy atom. The minimum Gasteiger partial charge on any atom is -0.480 e. The van der Waals surface area contributed by atoms with Crippen LogP contribution >= 0.6 is 0 Å². The van der Waals surface area contributed by atoms with E-state index >= 15 is 0 Å². The van der Waals surface area contributed by atoms with E-state index in [0.29, 0.717) is 12.5 Å². The van der Waals surface area contributed by atoms with Gasteiger partial charge in [0, 0.05) is 6.54 Å². The van der Waals surface area contributed by atoms with Crippen molar-refractivity contribution in [3.8, 4) is 0 Å². The predicted molar refractivity (Wildman–Crippen MR) is 51.8 cm³/mol. The van der Waals surface area contributed by atoms with Crippen LogP contribution in [0.15, 0.2) is 12.2 Å². The Kier molecular flexibility index (Phi) is 3.68. The minimum atomic E-state index is -0.972. The van der Waals surface area contributed by atoms with Gasteiger partial charge in [-0.05, 0) is 31.8 Å². The number of rotatable bonds is 5. The van der Waals surface area contributed by atoms with Crippen LogP contribution in [0.4, 0.5) is 0 Å². The Morgan fingerprint density at radius 2 is 2.14 bits per heavy atom. The highest BCUT2D eigenvalue weighted by Gasteiger charge is 2.19. The lowest BCUT2D eigenvalue weighted by atomic mass is 10.3. The molecule has 0 aromatic rings. The minimum absolute atomic E-state index is 0.207. The zero-order valence-electron chi connectivity index (χ0n) is 8.27. The van der Waals surface area contributed by atoms with E-state index in [0.717, 1.165) is 12.8 Å². The number of hydrogen-bond acceptors (Lipinski definition) is 2. The smallest absolute Gasteiger partial charge is 0.323 e. The largest absolute Gasteiger partial charge is 0.480 e. The van der Waals surface area contributed by atoms with E-state index in [-0.39, 0.29) is 12.5 Å². The van der Waals surface area contributed by atoms with E-state index < -0.39 is 5.97 Å². The highest BCUT2D eigenvalue weighted by atomic mass is 16.4. The van der Waals surface area contributed by atoms with Crippen molar-refractivity contribution in [3.63, 3.8) is 0 Å². The van der Waals surface area contributed by atoms with Crippen molar-refractivity contribution < 1.29 is 14.7 Å².